The van der Waals surface area contributed by atoms with E-state index in [-0.39, 0.29) is 16.9 Å². The monoisotopic (exact) mass is 266 g/mol. The topological polar surface area (TPSA) is 38.0 Å². The van der Waals surface area contributed by atoms with Gasteiger partial charge in [-0.15, -0.1) is 0 Å². The lowest BCUT2D eigenvalue weighted by atomic mass is 9.83. The third kappa shape index (κ3) is 5.29. The highest BCUT2D eigenvalue weighted by atomic mass is 19.1. The average Bonchev–Trinajstić information content (AvgIpc) is 2.28. The fraction of sp³-hybridized carbons (Fsp3) is 0.625. The predicted molar refractivity (Wildman–Crippen MR) is 79.5 cm³/mol. The lowest BCUT2D eigenvalue weighted by Gasteiger charge is -2.32. The Morgan fingerprint density at radius 3 is 2.16 bits per heavy atom. The summed E-state index contributed by atoms with van der Waals surface area (Å²) in [6.45, 7) is 9.41. The van der Waals surface area contributed by atoms with Gasteiger partial charge in [0, 0.05) is 11.1 Å². The zero-order valence-corrected chi connectivity index (χ0v) is 12.6. The van der Waals surface area contributed by atoms with Crippen LogP contribution in [0.2, 0.25) is 0 Å². The molecule has 2 nitrogen and oxygen atoms in total. The molecule has 0 saturated carbocycles. The first kappa shape index (κ1) is 16.1. The first-order valence-corrected chi connectivity index (χ1v) is 7.07. The Morgan fingerprint density at radius 1 is 1.11 bits per heavy atom. The Bertz CT molecular complexity index is 381. The summed E-state index contributed by atoms with van der Waals surface area (Å²) in [7, 11) is 0. The van der Waals surface area contributed by atoms with Crippen LogP contribution in [0.15, 0.2) is 24.3 Å². The van der Waals surface area contributed by atoms with E-state index >= 15 is 0 Å². The van der Waals surface area contributed by atoms with E-state index in [1.165, 1.54) is 12.1 Å². The molecule has 0 aliphatic rings. The fourth-order valence-corrected chi connectivity index (χ4v) is 2.30. The van der Waals surface area contributed by atoms with Crippen LogP contribution in [0, 0.1) is 5.82 Å². The number of hydrogen-bond acceptors (Lipinski definition) is 2. The minimum atomic E-state index is -0.374. The van der Waals surface area contributed by atoms with E-state index in [0.29, 0.717) is 0 Å². The van der Waals surface area contributed by atoms with Gasteiger partial charge in [-0.05, 0) is 57.9 Å². The number of nitrogens with two attached hydrogens (primary N) is 1. The van der Waals surface area contributed by atoms with Gasteiger partial charge in [-0.25, -0.2) is 4.39 Å². The van der Waals surface area contributed by atoms with Crippen molar-refractivity contribution in [2.75, 3.05) is 6.54 Å². The van der Waals surface area contributed by atoms with Crippen molar-refractivity contribution in [3.8, 4) is 0 Å². The van der Waals surface area contributed by atoms with Gasteiger partial charge in [0.25, 0.3) is 0 Å². The Kier molecular flexibility index (Phi) is 5.50. The third-order valence-corrected chi connectivity index (χ3v) is 3.34. The van der Waals surface area contributed by atoms with Crippen molar-refractivity contribution in [2.45, 2.75) is 58.0 Å². The molecule has 108 valence electrons. The summed E-state index contributed by atoms with van der Waals surface area (Å²) in [4.78, 5) is 0. The summed E-state index contributed by atoms with van der Waals surface area (Å²) < 4.78 is 13.0. The average molecular weight is 266 g/mol. The molecule has 19 heavy (non-hydrogen) atoms. The number of nitrogens with one attached hydrogen (secondary N) is 1. The van der Waals surface area contributed by atoms with Gasteiger partial charge in [-0.1, -0.05) is 25.5 Å². The molecule has 1 rings (SSSR count). The normalized spacial score (nSPS) is 15.3. The molecule has 3 N–H and O–H groups in total. The summed E-state index contributed by atoms with van der Waals surface area (Å²) >= 11 is 0. The van der Waals surface area contributed by atoms with E-state index < -0.39 is 0 Å². The number of benzene rings is 1. The SMILES string of the molecule is CCCC(N)(CCNC(C)(C)C)c1ccc(F)cc1. The van der Waals surface area contributed by atoms with Crippen LogP contribution in [0.1, 0.15) is 52.5 Å². The van der Waals surface area contributed by atoms with E-state index in [4.69, 9.17) is 5.73 Å². The molecule has 1 aromatic rings. The van der Waals surface area contributed by atoms with Crippen LogP contribution >= 0.6 is 0 Å². The smallest absolute Gasteiger partial charge is 0.123 e. The zero-order chi connectivity index (χ0) is 14.5. The molecule has 0 aliphatic heterocycles. The minimum Gasteiger partial charge on any atom is -0.321 e. The van der Waals surface area contributed by atoms with Crippen LogP contribution in [0.25, 0.3) is 0 Å². The van der Waals surface area contributed by atoms with Crippen LogP contribution in [0.5, 0.6) is 0 Å². The number of hydrogen-bond donors (Lipinski definition) is 2. The first-order chi connectivity index (χ1) is 8.77. The maximum atomic E-state index is 13.0. The molecule has 0 amide bonds. The van der Waals surface area contributed by atoms with Crippen LogP contribution in [0.4, 0.5) is 4.39 Å². The van der Waals surface area contributed by atoms with Gasteiger partial charge in [0.2, 0.25) is 0 Å². The molecule has 0 spiro atoms. The van der Waals surface area contributed by atoms with Crippen molar-refractivity contribution >= 4 is 0 Å². The Morgan fingerprint density at radius 2 is 1.68 bits per heavy atom. The molecule has 1 unspecified atom stereocenters. The van der Waals surface area contributed by atoms with E-state index in [1.54, 1.807) is 0 Å². The summed E-state index contributed by atoms with van der Waals surface area (Å²) in [5.41, 5.74) is 7.29. The maximum absolute atomic E-state index is 13.0. The summed E-state index contributed by atoms with van der Waals surface area (Å²) in [5.74, 6) is -0.213. The quantitative estimate of drug-likeness (QED) is 0.826. The van der Waals surface area contributed by atoms with Gasteiger partial charge in [0.1, 0.15) is 5.82 Å². The molecule has 0 saturated heterocycles. The first-order valence-electron chi connectivity index (χ1n) is 7.07. The molecular weight excluding hydrogens is 239 g/mol. The second kappa shape index (κ2) is 6.49. The molecular formula is C16H27FN2. The van der Waals surface area contributed by atoms with Gasteiger partial charge < -0.3 is 11.1 Å². The van der Waals surface area contributed by atoms with E-state index in [1.807, 2.05) is 12.1 Å². The van der Waals surface area contributed by atoms with Crippen LogP contribution < -0.4 is 11.1 Å². The molecule has 0 aliphatic carbocycles. The predicted octanol–water partition coefficient (Wildman–Crippen LogP) is 3.56. The van der Waals surface area contributed by atoms with Crippen molar-refractivity contribution in [2.24, 2.45) is 5.73 Å². The standard InChI is InChI=1S/C16H27FN2/c1-5-10-16(18,11-12-19-15(2,3)4)13-6-8-14(17)9-7-13/h6-9,19H,5,10-12,18H2,1-4H3. The molecule has 0 fully saturated rings. The fourth-order valence-electron chi connectivity index (χ4n) is 2.30. The molecule has 0 radical (unpaired) electrons. The van der Waals surface area contributed by atoms with E-state index in [2.05, 4.69) is 33.0 Å². The Balaban J connectivity index is 2.76. The zero-order valence-electron chi connectivity index (χ0n) is 12.6. The third-order valence-electron chi connectivity index (χ3n) is 3.34. The molecule has 3 heteroatoms. The molecule has 0 aromatic heterocycles. The van der Waals surface area contributed by atoms with E-state index in [0.717, 1.165) is 31.4 Å². The van der Waals surface area contributed by atoms with Gasteiger partial charge in [-0.3, -0.25) is 0 Å². The molecule has 1 atom stereocenters. The number of halogens is 1. The highest BCUT2D eigenvalue weighted by Crippen LogP contribution is 2.27. The highest BCUT2D eigenvalue weighted by molar-refractivity contribution is 5.24. The van der Waals surface area contributed by atoms with Crippen LogP contribution in [-0.2, 0) is 5.54 Å². The molecule has 0 heterocycles. The van der Waals surface area contributed by atoms with Crippen LogP contribution in [-0.4, -0.2) is 12.1 Å². The Labute approximate surface area is 116 Å². The maximum Gasteiger partial charge on any atom is 0.123 e. The van der Waals surface area contributed by atoms with Crippen LogP contribution in [0.3, 0.4) is 0 Å². The lowest BCUT2D eigenvalue weighted by molar-refractivity contribution is 0.333. The second-order valence-corrected chi connectivity index (χ2v) is 6.34. The minimum absolute atomic E-state index is 0.0932. The van der Waals surface area contributed by atoms with Crippen molar-refractivity contribution in [3.63, 3.8) is 0 Å². The molecule has 1 aromatic carbocycles. The van der Waals surface area contributed by atoms with Crippen molar-refractivity contribution in [1.82, 2.24) is 5.32 Å². The Hall–Kier alpha value is -0.930. The largest absolute Gasteiger partial charge is 0.321 e. The summed E-state index contributed by atoms with van der Waals surface area (Å²) in [6.07, 6.45) is 2.78. The highest BCUT2D eigenvalue weighted by Gasteiger charge is 2.26. The molecule has 0 bridgehead atoms. The van der Waals surface area contributed by atoms with Gasteiger partial charge in [0.15, 0.2) is 0 Å². The van der Waals surface area contributed by atoms with Crippen molar-refractivity contribution in [3.05, 3.63) is 35.6 Å². The van der Waals surface area contributed by atoms with Gasteiger partial charge in [-0.2, -0.15) is 0 Å². The lowest BCUT2D eigenvalue weighted by Crippen LogP contribution is -2.43. The van der Waals surface area contributed by atoms with Gasteiger partial charge >= 0.3 is 0 Å². The van der Waals surface area contributed by atoms with Gasteiger partial charge in [0.05, 0.1) is 0 Å². The van der Waals surface area contributed by atoms with Crippen molar-refractivity contribution < 1.29 is 4.39 Å². The van der Waals surface area contributed by atoms with E-state index in [9.17, 15) is 4.39 Å². The summed E-state index contributed by atoms with van der Waals surface area (Å²) in [5, 5.41) is 3.46. The summed E-state index contributed by atoms with van der Waals surface area (Å²) in [6, 6.07) is 6.59. The van der Waals surface area contributed by atoms with Crippen molar-refractivity contribution in [1.29, 1.82) is 0 Å². The number of rotatable bonds is 6. The second-order valence-electron chi connectivity index (χ2n) is 6.34.